The topological polar surface area (TPSA) is 49.4 Å². The van der Waals surface area contributed by atoms with E-state index in [1.54, 1.807) is 42.6 Å². The van der Waals surface area contributed by atoms with Gasteiger partial charge in [-0.2, -0.15) is 13.2 Å². The fourth-order valence-corrected chi connectivity index (χ4v) is 4.15. The van der Waals surface area contributed by atoms with Crippen LogP contribution in [0.4, 0.5) is 24.5 Å². The lowest BCUT2D eigenvalue weighted by atomic mass is 10.1. The zero-order valence-electron chi connectivity index (χ0n) is 16.0. The van der Waals surface area contributed by atoms with Crippen LogP contribution in [-0.2, 0) is 15.8 Å². The summed E-state index contributed by atoms with van der Waals surface area (Å²) in [5, 5.41) is 5.15. The normalized spacial score (nSPS) is 14.5. The first-order chi connectivity index (χ1) is 14.7. The Labute approximate surface area is 184 Å². The van der Waals surface area contributed by atoms with Gasteiger partial charge in [0.15, 0.2) is 0 Å². The maximum atomic E-state index is 13.3. The van der Waals surface area contributed by atoms with Gasteiger partial charge in [-0.3, -0.25) is 9.59 Å². The number of alkyl halides is 3. The molecule has 1 aliphatic heterocycles. The highest BCUT2D eigenvalue weighted by Crippen LogP contribution is 2.38. The van der Waals surface area contributed by atoms with Crippen molar-refractivity contribution in [2.45, 2.75) is 13.1 Å². The summed E-state index contributed by atoms with van der Waals surface area (Å²) in [6.07, 6.45) is -4.61. The number of thiophene rings is 1. The van der Waals surface area contributed by atoms with E-state index in [0.717, 1.165) is 28.7 Å². The second-order valence-corrected chi connectivity index (χ2v) is 8.19. The van der Waals surface area contributed by atoms with Crippen molar-refractivity contribution in [3.8, 4) is 0 Å². The number of benzene rings is 2. The van der Waals surface area contributed by atoms with Crippen LogP contribution in [0.3, 0.4) is 0 Å². The third kappa shape index (κ3) is 3.96. The Kier molecular flexibility index (Phi) is 5.36. The van der Waals surface area contributed by atoms with E-state index in [1.807, 2.05) is 0 Å². The average Bonchev–Trinajstić information content (AvgIpc) is 3.31. The van der Waals surface area contributed by atoms with Crippen molar-refractivity contribution < 1.29 is 22.8 Å². The molecule has 0 unspecified atom stereocenters. The van der Waals surface area contributed by atoms with Crippen molar-refractivity contribution in [2.24, 2.45) is 0 Å². The van der Waals surface area contributed by atoms with Crippen LogP contribution >= 0.6 is 22.9 Å². The van der Waals surface area contributed by atoms with Gasteiger partial charge < -0.3 is 5.32 Å². The zero-order valence-corrected chi connectivity index (χ0v) is 17.5. The number of carbonyl (C=O) groups excluding carboxylic acids is 2. The highest BCUT2D eigenvalue weighted by Gasteiger charge is 2.41. The highest BCUT2D eigenvalue weighted by molar-refractivity contribution is 7.11. The van der Waals surface area contributed by atoms with Crippen LogP contribution in [0.2, 0.25) is 5.02 Å². The Balaban J connectivity index is 1.81. The minimum Gasteiger partial charge on any atom is -0.350 e. The molecule has 4 rings (SSSR count). The summed E-state index contributed by atoms with van der Waals surface area (Å²) in [5.74, 6) is -1.44. The van der Waals surface area contributed by atoms with Crippen molar-refractivity contribution in [1.82, 2.24) is 0 Å². The molecule has 1 N–H and O–H groups in total. The number of hydrogen-bond donors (Lipinski definition) is 1. The number of anilines is 2. The number of imide groups is 1. The first-order valence-corrected chi connectivity index (χ1v) is 10.3. The van der Waals surface area contributed by atoms with Gasteiger partial charge in [0, 0.05) is 15.6 Å². The van der Waals surface area contributed by atoms with Crippen molar-refractivity contribution in [1.29, 1.82) is 0 Å². The first-order valence-electron chi connectivity index (χ1n) is 9.04. The van der Waals surface area contributed by atoms with E-state index < -0.39 is 23.6 Å². The Bertz CT molecular complexity index is 1220. The molecule has 0 fully saturated rings. The predicted octanol–water partition coefficient (Wildman–Crippen LogP) is 6.13. The number of halogens is 4. The molecule has 0 radical (unpaired) electrons. The Morgan fingerprint density at radius 3 is 2.45 bits per heavy atom. The quantitative estimate of drug-likeness (QED) is 0.475. The molecule has 9 heteroatoms. The highest BCUT2D eigenvalue weighted by atomic mass is 35.5. The predicted molar refractivity (Wildman–Crippen MR) is 115 cm³/mol. The molecule has 1 aliphatic rings. The van der Waals surface area contributed by atoms with Gasteiger partial charge in [-0.05, 0) is 54.3 Å². The number of nitrogens with zero attached hydrogens (tertiary/aromatic N) is 1. The van der Waals surface area contributed by atoms with Gasteiger partial charge in [-0.1, -0.05) is 29.8 Å². The number of amides is 2. The van der Waals surface area contributed by atoms with Crippen LogP contribution in [0.1, 0.15) is 16.0 Å². The molecular formula is C22H14ClF3N2O2S. The summed E-state index contributed by atoms with van der Waals surface area (Å²) in [5.41, 5.74) is 0.268. The SMILES string of the molecule is Cc1ccc(Cl)cc1NC1=C(c2cccs2)C(=O)N(c2cccc(C(F)(F)F)c2)C1=O. The second-order valence-electron chi connectivity index (χ2n) is 6.81. The zero-order chi connectivity index (χ0) is 22.3. The molecule has 158 valence electrons. The fourth-order valence-electron chi connectivity index (χ4n) is 3.21. The molecule has 3 aromatic rings. The molecule has 31 heavy (non-hydrogen) atoms. The van der Waals surface area contributed by atoms with Gasteiger partial charge in [0.2, 0.25) is 0 Å². The molecule has 0 aliphatic carbocycles. The molecule has 2 aromatic carbocycles. The molecule has 0 bridgehead atoms. The minimum atomic E-state index is -4.61. The Morgan fingerprint density at radius 2 is 1.77 bits per heavy atom. The van der Waals surface area contributed by atoms with Gasteiger partial charge in [-0.15, -0.1) is 11.3 Å². The largest absolute Gasteiger partial charge is 0.416 e. The van der Waals surface area contributed by atoms with Crippen molar-refractivity contribution >= 4 is 51.7 Å². The summed E-state index contributed by atoms with van der Waals surface area (Å²) in [6.45, 7) is 1.80. The van der Waals surface area contributed by atoms with E-state index >= 15 is 0 Å². The van der Waals surface area contributed by atoms with E-state index in [9.17, 15) is 22.8 Å². The summed E-state index contributed by atoms with van der Waals surface area (Å²) in [4.78, 5) is 27.8. The van der Waals surface area contributed by atoms with Crippen LogP contribution in [0.5, 0.6) is 0 Å². The van der Waals surface area contributed by atoms with E-state index in [0.29, 0.717) is 15.6 Å². The molecule has 4 nitrogen and oxygen atoms in total. The summed E-state index contributed by atoms with van der Waals surface area (Å²) < 4.78 is 39.5. The van der Waals surface area contributed by atoms with Crippen molar-refractivity contribution in [3.05, 3.63) is 86.7 Å². The van der Waals surface area contributed by atoms with Crippen molar-refractivity contribution in [3.63, 3.8) is 0 Å². The van der Waals surface area contributed by atoms with Gasteiger partial charge in [0.05, 0.1) is 16.8 Å². The second kappa shape index (κ2) is 7.86. The summed E-state index contributed by atoms with van der Waals surface area (Å²) in [7, 11) is 0. The molecule has 2 amide bonds. The lowest BCUT2D eigenvalue weighted by Crippen LogP contribution is -2.32. The fraction of sp³-hybridized carbons (Fsp3) is 0.0909. The average molecular weight is 463 g/mol. The Hall–Kier alpha value is -3.10. The maximum Gasteiger partial charge on any atom is 0.416 e. The van der Waals surface area contributed by atoms with Crippen LogP contribution in [0, 0.1) is 6.92 Å². The molecule has 0 atom stereocenters. The van der Waals surface area contributed by atoms with Crippen LogP contribution < -0.4 is 10.2 Å². The third-order valence-corrected chi connectivity index (χ3v) is 5.86. The lowest BCUT2D eigenvalue weighted by Gasteiger charge is -2.17. The van der Waals surface area contributed by atoms with E-state index in [-0.39, 0.29) is 17.0 Å². The number of aryl methyl sites for hydroxylation is 1. The molecule has 0 saturated heterocycles. The molecular weight excluding hydrogens is 449 g/mol. The van der Waals surface area contributed by atoms with Crippen LogP contribution in [0.25, 0.3) is 5.57 Å². The molecule has 0 saturated carbocycles. The number of hydrogen-bond acceptors (Lipinski definition) is 4. The van der Waals surface area contributed by atoms with E-state index in [4.69, 9.17) is 11.6 Å². The van der Waals surface area contributed by atoms with Gasteiger partial charge >= 0.3 is 6.18 Å². The monoisotopic (exact) mass is 462 g/mol. The molecule has 1 aromatic heterocycles. The molecule has 0 spiro atoms. The summed E-state index contributed by atoms with van der Waals surface area (Å²) in [6, 6.07) is 12.6. The smallest absolute Gasteiger partial charge is 0.350 e. The maximum absolute atomic E-state index is 13.3. The third-order valence-electron chi connectivity index (χ3n) is 4.74. The van der Waals surface area contributed by atoms with Crippen LogP contribution in [0.15, 0.2) is 65.7 Å². The summed E-state index contributed by atoms with van der Waals surface area (Å²) >= 11 is 7.31. The minimum absolute atomic E-state index is 0.0183. The van der Waals surface area contributed by atoms with E-state index in [2.05, 4.69) is 5.32 Å². The van der Waals surface area contributed by atoms with Crippen molar-refractivity contribution in [2.75, 3.05) is 10.2 Å². The van der Waals surface area contributed by atoms with Gasteiger partial charge in [-0.25, -0.2) is 4.90 Å². The first kappa shape index (κ1) is 21.1. The standard InChI is InChI=1S/C22H14ClF3N2O2S/c1-12-7-8-14(23)11-16(12)27-19-18(17-6-3-9-31-17)20(29)28(21(19)30)15-5-2-4-13(10-15)22(24,25)26/h2-11,27H,1H3. The van der Waals surface area contributed by atoms with Gasteiger partial charge in [0.25, 0.3) is 11.8 Å². The Morgan fingerprint density at radius 1 is 1.00 bits per heavy atom. The van der Waals surface area contributed by atoms with Gasteiger partial charge in [0.1, 0.15) is 5.70 Å². The van der Waals surface area contributed by atoms with Crippen LogP contribution in [-0.4, -0.2) is 11.8 Å². The lowest BCUT2D eigenvalue weighted by molar-refractivity contribution is -0.137. The number of carbonyl (C=O) groups is 2. The number of nitrogens with one attached hydrogen (secondary N) is 1. The van der Waals surface area contributed by atoms with E-state index in [1.165, 1.54) is 17.4 Å². The number of rotatable bonds is 4. The molecule has 2 heterocycles.